The van der Waals surface area contributed by atoms with E-state index >= 15 is 0 Å². The molecular formula is C22H34N2O2. The summed E-state index contributed by atoms with van der Waals surface area (Å²) in [7, 11) is 0. The van der Waals surface area contributed by atoms with Gasteiger partial charge in [-0.1, -0.05) is 27.7 Å². The maximum Gasteiger partial charge on any atom is 0.138 e. The number of benzene rings is 1. The van der Waals surface area contributed by atoms with E-state index in [0.29, 0.717) is 11.6 Å². The van der Waals surface area contributed by atoms with Gasteiger partial charge in [0.1, 0.15) is 5.75 Å². The Morgan fingerprint density at radius 3 is 2.58 bits per heavy atom. The van der Waals surface area contributed by atoms with E-state index in [4.69, 9.17) is 11.5 Å². The van der Waals surface area contributed by atoms with Crippen LogP contribution in [0.2, 0.25) is 0 Å². The smallest absolute Gasteiger partial charge is 0.138 e. The van der Waals surface area contributed by atoms with E-state index in [-0.39, 0.29) is 34.0 Å². The van der Waals surface area contributed by atoms with Crippen molar-refractivity contribution < 1.29 is 10.2 Å². The highest BCUT2D eigenvalue weighted by atomic mass is 16.3. The molecule has 26 heavy (non-hydrogen) atoms. The number of nitrogens with two attached hydrogens (primary N) is 2. The van der Waals surface area contributed by atoms with Gasteiger partial charge in [0, 0.05) is 11.5 Å². The van der Waals surface area contributed by atoms with E-state index in [1.807, 2.05) is 12.1 Å². The van der Waals surface area contributed by atoms with Crippen molar-refractivity contribution in [3.8, 4) is 5.75 Å². The molecule has 4 rings (SSSR count). The lowest BCUT2D eigenvalue weighted by Gasteiger charge is -2.51. The number of aromatic hydroxyl groups is 1. The summed E-state index contributed by atoms with van der Waals surface area (Å²) in [5, 5.41) is 21.0. The van der Waals surface area contributed by atoms with E-state index in [9.17, 15) is 10.2 Å². The van der Waals surface area contributed by atoms with Gasteiger partial charge in [0.15, 0.2) is 0 Å². The number of hydrogen-bond donors (Lipinski definition) is 4. The van der Waals surface area contributed by atoms with Crippen LogP contribution in [0.3, 0.4) is 0 Å². The van der Waals surface area contributed by atoms with Gasteiger partial charge < -0.3 is 21.7 Å². The number of anilines is 1. The van der Waals surface area contributed by atoms with Crippen molar-refractivity contribution in [1.82, 2.24) is 0 Å². The van der Waals surface area contributed by atoms with Gasteiger partial charge in [0.05, 0.1) is 11.8 Å². The van der Waals surface area contributed by atoms with E-state index in [2.05, 4.69) is 27.7 Å². The molecule has 4 nitrogen and oxygen atoms in total. The fourth-order valence-corrected chi connectivity index (χ4v) is 7.48. The molecule has 6 atom stereocenters. The summed E-state index contributed by atoms with van der Waals surface area (Å²) in [5.41, 5.74) is 15.8. The van der Waals surface area contributed by atoms with Crippen LogP contribution in [0.15, 0.2) is 12.1 Å². The molecule has 3 aliphatic carbocycles. The Morgan fingerprint density at radius 1 is 1.23 bits per heavy atom. The van der Waals surface area contributed by atoms with Gasteiger partial charge in [-0.3, -0.25) is 0 Å². The van der Waals surface area contributed by atoms with Crippen molar-refractivity contribution in [3.63, 3.8) is 0 Å². The minimum atomic E-state index is -0.434. The number of phenolic OH excluding ortho intramolecular Hbond substituents is 1. The minimum absolute atomic E-state index is 0.0111. The Kier molecular flexibility index (Phi) is 3.75. The molecule has 3 aliphatic rings. The summed E-state index contributed by atoms with van der Waals surface area (Å²) in [6.45, 7) is 9.21. The molecule has 1 spiro atoms. The highest BCUT2D eigenvalue weighted by Crippen LogP contribution is 2.70. The van der Waals surface area contributed by atoms with Gasteiger partial charge in [-0.15, -0.1) is 0 Å². The van der Waals surface area contributed by atoms with E-state index in [0.717, 1.165) is 32.1 Å². The van der Waals surface area contributed by atoms with Crippen LogP contribution in [0.4, 0.5) is 5.69 Å². The van der Waals surface area contributed by atoms with Crippen molar-refractivity contribution in [3.05, 3.63) is 23.3 Å². The quantitative estimate of drug-likeness (QED) is 0.457. The molecule has 0 aromatic heterocycles. The second kappa shape index (κ2) is 5.39. The lowest BCUT2D eigenvalue weighted by Crippen LogP contribution is -2.57. The van der Waals surface area contributed by atoms with Crippen LogP contribution in [0.1, 0.15) is 70.9 Å². The highest BCUT2D eigenvalue weighted by molar-refractivity contribution is 5.62. The summed E-state index contributed by atoms with van der Waals surface area (Å²) in [6, 6.07) is 3.67. The van der Waals surface area contributed by atoms with Crippen molar-refractivity contribution in [2.75, 3.05) is 5.73 Å². The maximum absolute atomic E-state index is 10.6. The van der Waals surface area contributed by atoms with E-state index in [1.54, 1.807) is 0 Å². The van der Waals surface area contributed by atoms with Gasteiger partial charge in [0.25, 0.3) is 0 Å². The van der Waals surface area contributed by atoms with Crippen LogP contribution in [-0.2, 0) is 10.8 Å². The third-order valence-electron chi connectivity index (χ3n) is 8.45. The lowest BCUT2D eigenvalue weighted by molar-refractivity contribution is -0.0344. The Bertz CT molecular complexity index is 746. The second-order valence-electron chi connectivity index (χ2n) is 10.0. The molecule has 6 unspecified atom stereocenters. The Hall–Kier alpha value is -1.26. The minimum Gasteiger partial charge on any atom is -0.506 e. The second-order valence-corrected chi connectivity index (χ2v) is 10.0. The molecule has 0 heterocycles. The predicted octanol–water partition coefficient (Wildman–Crippen LogP) is 3.43. The van der Waals surface area contributed by atoms with E-state index in [1.165, 1.54) is 11.1 Å². The summed E-state index contributed by atoms with van der Waals surface area (Å²) >= 11 is 0. The molecule has 2 fully saturated rings. The first-order chi connectivity index (χ1) is 12.1. The zero-order valence-electron chi connectivity index (χ0n) is 16.5. The molecule has 4 heteroatoms. The van der Waals surface area contributed by atoms with Crippen LogP contribution in [-0.4, -0.2) is 22.4 Å². The third kappa shape index (κ3) is 2.03. The lowest BCUT2D eigenvalue weighted by atomic mass is 9.55. The number of hydrogen-bond acceptors (Lipinski definition) is 4. The number of phenols is 1. The van der Waals surface area contributed by atoms with E-state index < -0.39 is 6.10 Å². The predicted molar refractivity (Wildman–Crippen MR) is 105 cm³/mol. The Morgan fingerprint density at radius 2 is 1.92 bits per heavy atom. The van der Waals surface area contributed by atoms with Crippen molar-refractivity contribution in [2.45, 2.75) is 82.8 Å². The summed E-state index contributed by atoms with van der Waals surface area (Å²) in [5.74, 6) is 0.965. The maximum atomic E-state index is 10.6. The van der Waals surface area contributed by atoms with Crippen LogP contribution in [0.25, 0.3) is 0 Å². The first-order valence-corrected chi connectivity index (χ1v) is 10.2. The van der Waals surface area contributed by atoms with Gasteiger partial charge in [0.2, 0.25) is 0 Å². The zero-order valence-corrected chi connectivity index (χ0v) is 16.5. The third-order valence-corrected chi connectivity index (χ3v) is 8.45. The molecule has 0 aliphatic heterocycles. The topological polar surface area (TPSA) is 92.5 Å². The Labute approximate surface area is 157 Å². The fraction of sp³-hybridized carbons (Fsp3) is 0.727. The number of fused-ring (bicyclic) bond motifs is 4. The molecule has 0 radical (unpaired) electrons. The first kappa shape index (κ1) is 18.1. The molecule has 6 N–H and O–H groups in total. The van der Waals surface area contributed by atoms with Crippen LogP contribution >= 0.6 is 0 Å². The normalized spacial score (nSPS) is 43.5. The van der Waals surface area contributed by atoms with Crippen LogP contribution < -0.4 is 11.5 Å². The van der Waals surface area contributed by atoms with Gasteiger partial charge in [-0.05, 0) is 78.0 Å². The summed E-state index contributed by atoms with van der Waals surface area (Å²) in [4.78, 5) is 0. The van der Waals surface area contributed by atoms with Crippen LogP contribution in [0.5, 0.6) is 5.75 Å². The SMILES string of the molecule is CCC12CCC(O)C(N)C1C1(CC2C)CC(C)(C)c2cc(N)c(O)cc21. The van der Waals surface area contributed by atoms with Crippen molar-refractivity contribution in [1.29, 1.82) is 0 Å². The fourth-order valence-electron chi connectivity index (χ4n) is 7.48. The summed E-state index contributed by atoms with van der Waals surface area (Å²) in [6.07, 6.45) is 4.59. The number of aliphatic hydroxyl groups is 1. The number of aliphatic hydroxyl groups excluding tert-OH is 1. The van der Waals surface area contributed by atoms with Crippen molar-refractivity contribution >= 4 is 5.69 Å². The first-order valence-electron chi connectivity index (χ1n) is 10.2. The monoisotopic (exact) mass is 358 g/mol. The Balaban J connectivity index is 1.96. The summed E-state index contributed by atoms with van der Waals surface area (Å²) < 4.78 is 0. The number of nitrogen functional groups attached to an aromatic ring is 1. The van der Waals surface area contributed by atoms with Crippen molar-refractivity contribution in [2.24, 2.45) is 23.0 Å². The van der Waals surface area contributed by atoms with Crippen LogP contribution in [0, 0.1) is 17.3 Å². The molecule has 2 saturated carbocycles. The zero-order chi connectivity index (χ0) is 19.1. The largest absolute Gasteiger partial charge is 0.506 e. The van der Waals surface area contributed by atoms with Gasteiger partial charge in [-0.2, -0.15) is 0 Å². The standard InChI is InChI=1S/C22H34N2O2/c1-5-21-7-6-16(25)18(24)19(21)22(10-12(21)2)11-20(3,4)13-8-15(23)17(26)9-14(13)22/h8-9,12,16,18-19,25-26H,5-7,10-11,23-24H2,1-4H3. The van der Waals surface area contributed by atoms with Gasteiger partial charge >= 0.3 is 0 Å². The number of rotatable bonds is 1. The molecule has 0 bridgehead atoms. The average Bonchev–Trinajstić information content (AvgIpc) is 2.93. The molecule has 144 valence electrons. The molecule has 1 aromatic carbocycles. The molecule has 0 amide bonds. The molecule has 0 saturated heterocycles. The molecule has 1 aromatic rings. The molecular weight excluding hydrogens is 324 g/mol. The van der Waals surface area contributed by atoms with Gasteiger partial charge in [-0.25, -0.2) is 0 Å². The highest BCUT2D eigenvalue weighted by Gasteiger charge is 2.67. The average molecular weight is 359 g/mol.